The molecule has 0 bridgehead atoms. The van der Waals surface area contributed by atoms with E-state index in [4.69, 9.17) is 9.47 Å². The Labute approximate surface area is 113 Å². The van der Waals surface area contributed by atoms with Gasteiger partial charge in [-0.1, -0.05) is 18.2 Å². The predicted molar refractivity (Wildman–Crippen MR) is 73.6 cm³/mol. The van der Waals surface area contributed by atoms with Gasteiger partial charge in [0.1, 0.15) is 11.5 Å². The van der Waals surface area contributed by atoms with E-state index in [-0.39, 0.29) is 0 Å². The van der Waals surface area contributed by atoms with E-state index in [2.05, 4.69) is 17.1 Å². The normalized spacial score (nSPS) is 17.4. The monoisotopic (exact) mass is 255 g/mol. The SMILES string of the molecule is COc1ccnc(CC2COc3ccccc3C2)c1. The summed E-state index contributed by atoms with van der Waals surface area (Å²) in [5.74, 6) is 2.37. The van der Waals surface area contributed by atoms with Crippen molar-refractivity contribution in [2.45, 2.75) is 12.8 Å². The highest BCUT2D eigenvalue weighted by Gasteiger charge is 2.20. The summed E-state index contributed by atoms with van der Waals surface area (Å²) in [5.41, 5.74) is 2.36. The molecule has 1 aromatic carbocycles. The van der Waals surface area contributed by atoms with Crippen molar-refractivity contribution in [2.75, 3.05) is 13.7 Å². The number of nitrogens with zero attached hydrogens (tertiary/aromatic N) is 1. The lowest BCUT2D eigenvalue weighted by Gasteiger charge is -2.25. The molecule has 1 unspecified atom stereocenters. The summed E-state index contributed by atoms with van der Waals surface area (Å²) in [7, 11) is 1.68. The van der Waals surface area contributed by atoms with Crippen LogP contribution in [0, 0.1) is 5.92 Å². The smallest absolute Gasteiger partial charge is 0.122 e. The molecule has 1 aromatic heterocycles. The number of benzene rings is 1. The zero-order valence-corrected chi connectivity index (χ0v) is 11.0. The maximum atomic E-state index is 5.81. The molecule has 2 aromatic rings. The van der Waals surface area contributed by atoms with Crippen molar-refractivity contribution in [3.63, 3.8) is 0 Å². The number of rotatable bonds is 3. The number of hydrogen-bond donors (Lipinski definition) is 0. The first-order valence-electron chi connectivity index (χ1n) is 6.55. The van der Waals surface area contributed by atoms with E-state index >= 15 is 0 Å². The van der Waals surface area contributed by atoms with Crippen LogP contribution in [0.25, 0.3) is 0 Å². The van der Waals surface area contributed by atoms with Crippen LogP contribution in [0.1, 0.15) is 11.3 Å². The van der Waals surface area contributed by atoms with Crippen LogP contribution >= 0.6 is 0 Å². The quantitative estimate of drug-likeness (QED) is 0.845. The van der Waals surface area contributed by atoms with E-state index in [0.717, 1.165) is 36.6 Å². The summed E-state index contributed by atoms with van der Waals surface area (Å²) in [5, 5.41) is 0. The van der Waals surface area contributed by atoms with Crippen LogP contribution in [0.4, 0.5) is 0 Å². The Bertz CT molecular complexity index is 568. The van der Waals surface area contributed by atoms with Gasteiger partial charge in [0.05, 0.1) is 13.7 Å². The van der Waals surface area contributed by atoms with E-state index in [1.807, 2.05) is 24.3 Å². The van der Waals surface area contributed by atoms with Crippen LogP contribution in [0.15, 0.2) is 42.6 Å². The summed E-state index contributed by atoms with van der Waals surface area (Å²) in [6.07, 6.45) is 3.77. The fourth-order valence-corrected chi connectivity index (χ4v) is 2.51. The topological polar surface area (TPSA) is 31.4 Å². The lowest BCUT2D eigenvalue weighted by molar-refractivity contribution is 0.220. The molecule has 0 aliphatic carbocycles. The van der Waals surface area contributed by atoms with Crippen LogP contribution in [0.3, 0.4) is 0 Å². The van der Waals surface area contributed by atoms with Crippen molar-refractivity contribution in [3.05, 3.63) is 53.9 Å². The molecule has 1 atom stereocenters. The third kappa shape index (κ3) is 2.70. The zero-order chi connectivity index (χ0) is 13.1. The second-order valence-electron chi connectivity index (χ2n) is 4.88. The number of hydrogen-bond acceptors (Lipinski definition) is 3. The molecule has 3 rings (SSSR count). The van der Waals surface area contributed by atoms with Crippen LogP contribution in [-0.4, -0.2) is 18.7 Å². The Kier molecular flexibility index (Phi) is 3.36. The van der Waals surface area contributed by atoms with E-state index in [1.54, 1.807) is 13.3 Å². The zero-order valence-electron chi connectivity index (χ0n) is 11.0. The van der Waals surface area contributed by atoms with Crippen molar-refractivity contribution >= 4 is 0 Å². The molecule has 2 heterocycles. The lowest BCUT2D eigenvalue weighted by atomic mass is 9.92. The van der Waals surface area contributed by atoms with Gasteiger partial charge in [0.15, 0.2) is 0 Å². The maximum absolute atomic E-state index is 5.81. The Hall–Kier alpha value is -2.03. The number of methoxy groups -OCH3 is 1. The van der Waals surface area contributed by atoms with Crippen molar-refractivity contribution in [2.24, 2.45) is 5.92 Å². The summed E-state index contributed by atoms with van der Waals surface area (Å²) in [6, 6.07) is 12.1. The summed E-state index contributed by atoms with van der Waals surface area (Å²) >= 11 is 0. The highest BCUT2D eigenvalue weighted by atomic mass is 16.5. The van der Waals surface area contributed by atoms with E-state index in [9.17, 15) is 0 Å². The highest BCUT2D eigenvalue weighted by Crippen LogP contribution is 2.28. The Morgan fingerprint density at radius 3 is 3.11 bits per heavy atom. The van der Waals surface area contributed by atoms with Crippen LogP contribution in [0.2, 0.25) is 0 Å². The Balaban J connectivity index is 1.71. The van der Waals surface area contributed by atoms with Gasteiger partial charge < -0.3 is 9.47 Å². The molecule has 0 saturated carbocycles. The van der Waals surface area contributed by atoms with Gasteiger partial charge in [-0.25, -0.2) is 0 Å². The standard InChI is InChI=1S/C16H17NO2/c1-18-15-6-7-17-14(10-15)9-12-8-13-4-2-3-5-16(13)19-11-12/h2-7,10,12H,8-9,11H2,1H3. The first-order chi connectivity index (χ1) is 9.35. The van der Waals surface area contributed by atoms with Gasteiger partial charge in [0, 0.05) is 23.9 Å². The number of para-hydroxylation sites is 1. The van der Waals surface area contributed by atoms with Crippen molar-refractivity contribution < 1.29 is 9.47 Å². The fraction of sp³-hybridized carbons (Fsp3) is 0.312. The highest BCUT2D eigenvalue weighted by molar-refractivity contribution is 5.35. The minimum Gasteiger partial charge on any atom is -0.497 e. The van der Waals surface area contributed by atoms with Gasteiger partial charge in [-0.3, -0.25) is 4.98 Å². The van der Waals surface area contributed by atoms with Crippen molar-refractivity contribution in [3.8, 4) is 11.5 Å². The minimum absolute atomic E-state index is 0.481. The molecule has 3 nitrogen and oxygen atoms in total. The van der Waals surface area contributed by atoms with Gasteiger partial charge in [-0.2, -0.15) is 0 Å². The minimum atomic E-state index is 0.481. The molecule has 0 radical (unpaired) electrons. The molecule has 0 saturated heterocycles. The average molecular weight is 255 g/mol. The molecular formula is C16H17NO2. The number of pyridine rings is 1. The molecule has 0 N–H and O–H groups in total. The maximum Gasteiger partial charge on any atom is 0.122 e. The molecule has 0 fully saturated rings. The van der Waals surface area contributed by atoms with Gasteiger partial charge in [0.2, 0.25) is 0 Å². The fourth-order valence-electron chi connectivity index (χ4n) is 2.51. The van der Waals surface area contributed by atoms with Crippen LogP contribution in [0.5, 0.6) is 11.5 Å². The van der Waals surface area contributed by atoms with Gasteiger partial charge in [-0.15, -0.1) is 0 Å². The first kappa shape index (κ1) is 12.0. The largest absolute Gasteiger partial charge is 0.497 e. The Morgan fingerprint density at radius 1 is 1.32 bits per heavy atom. The lowest BCUT2D eigenvalue weighted by Crippen LogP contribution is -2.23. The first-order valence-corrected chi connectivity index (χ1v) is 6.55. The molecule has 19 heavy (non-hydrogen) atoms. The third-order valence-corrected chi connectivity index (χ3v) is 3.48. The summed E-state index contributed by atoms with van der Waals surface area (Å²) in [4.78, 5) is 4.40. The van der Waals surface area contributed by atoms with Crippen molar-refractivity contribution in [1.82, 2.24) is 4.98 Å². The average Bonchev–Trinajstić information content (AvgIpc) is 2.47. The molecule has 1 aliphatic rings. The molecule has 98 valence electrons. The predicted octanol–water partition coefficient (Wildman–Crippen LogP) is 2.88. The second-order valence-corrected chi connectivity index (χ2v) is 4.88. The molecular weight excluding hydrogens is 238 g/mol. The number of fused-ring (bicyclic) bond motifs is 1. The summed E-state index contributed by atoms with van der Waals surface area (Å²) in [6.45, 7) is 0.760. The third-order valence-electron chi connectivity index (χ3n) is 3.48. The van der Waals surface area contributed by atoms with Gasteiger partial charge >= 0.3 is 0 Å². The summed E-state index contributed by atoms with van der Waals surface area (Å²) < 4.78 is 11.0. The van der Waals surface area contributed by atoms with Crippen molar-refractivity contribution in [1.29, 1.82) is 0 Å². The van der Waals surface area contributed by atoms with Gasteiger partial charge in [0.25, 0.3) is 0 Å². The molecule has 0 amide bonds. The van der Waals surface area contributed by atoms with Crippen LogP contribution < -0.4 is 9.47 Å². The molecule has 1 aliphatic heterocycles. The number of aromatic nitrogens is 1. The number of ether oxygens (including phenoxy) is 2. The second kappa shape index (κ2) is 5.31. The van der Waals surface area contributed by atoms with E-state index in [1.165, 1.54) is 5.56 Å². The van der Waals surface area contributed by atoms with Crippen LogP contribution in [-0.2, 0) is 12.8 Å². The molecule has 0 spiro atoms. The van der Waals surface area contributed by atoms with E-state index < -0.39 is 0 Å². The van der Waals surface area contributed by atoms with Gasteiger partial charge in [-0.05, 0) is 30.5 Å². The molecule has 3 heteroatoms. The van der Waals surface area contributed by atoms with E-state index in [0.29, 0.717) is 5.92 Å². The Morgan fingerprint density at radius 2 is 2.21 bits per heavy atom.